The van der Waals surface area contributed by atoms with Gasteiger partial charge in [-0.2, -0.15) is 0 Å². The molecule has 3 heteroatoms. The number of hydrogen-bond acceptors (Lipinski definition) is 2. The van der Waals surface area contributed by atoms with Gasteiger partial charge in [-0.3, -0.25) is 9.69 Å². The number of hydrogen-bond donors (Lipinski definition) is 1. The Labute approximate surface area is 144 Å². The topological polar surface area (TPSA) is 46.3 Å². The van der Waals surface area contributed by atoms with E-state index in [4.69, 9.17) is 5.73 Å². The van der Waals surface area contributed by atoms with Gasteiger partial charge in [-0.25, -0.2) is 0 Å². The third-order valence-electron chi connectivity index (χ3n) is 5.06. The van der Waals surface area contributed by atoms with E-state index in [0.29, 0.717) is 5.56 Å². The Bertz CT molecular complexity index is 687. The number of primary amides is 1. The highest BCUT2D eigenvalue weighted by Gasteiger charge is 2.17. The van der Waals surface area contributed by atoms with E-state index < -0.39 is 0 Å². The van der Waals surface area contributed by atoms with Crippen LogP contribution in [-0.2, 0) is 6.54 Å². The fourth-order valence-corrected chi connectivity index (χ4v) is 3.59. The van der Waals surface area contributed by atoms with Crippen molar-refractivity contribution in [2.45, 2.75) is 44.7 Å². The van der Waals surface area contributed by atoms with E-state index in [2.05, 4.69) is 36.2 Å². The molecule has 1 saturated carbocycles. The average molecular weight is 322 g/mol. The normalized spacial score (nSPS) is 15.6. The van der Waals surface area contributed by atoms with E-state index in [-0.39, 0.29) is 5.91 Å². The molecule has 0 heterocycles. The summed E-state index contributed by atoms with van der Waals surface area (Å²) >= 11 is 0. The van der Waals surface area contributed by atoms with Gasteiger partial charge in [-0.1, -0.05) is 55.7 Å². The molecule has 0 aromatic heterocycles. The van der Waals surface area contributed by atoms with Crippen molar-refractivity contribution >= 4 is 5.91 Å². The molecule has 1 aliphatic rings. The lowest BCUT2D eigenvalue weighted by atomic mass is 9.94. The second-order valence-corrected chi connectivity index (χ2v) is 6.85. The molecule has 0 spiro atoms. The van der Waals surface area contributed by atoms with Gasteiger partial charge in [0.05, 0.1) is 0 Å². The number of nitrogens with zero attached hydrogens (tertiary/aromatic N) is 1. The van der Waals surface area contributed by atoms with E-state index in [0.717, 1.165) is 23.7 Å². The van der Waals surface area contributed by atoms with Crippen molar-refractivity contribution in [1.29, 1.82) is 0 Å². The van der Waals surface area contributed by atoms with Gasteiger partial charge in [0.2, 0.25) is 5.91 Å². The Morgan fingerprint density at radius 2 is 1.75 bits per heavy atom. The van der Waals surface area contributed by atoms with Crippen LogP contribution in [0, 0.1) is 0 Å². The fraction of sp³-hybridized carbons (Fsp3) is 0.381. The van der Waals surface area contributed by atoms with Gasteiger partial charge in [-0.15, -0.1) is 0 Å². The lowest BCUT2D eigenvalue weighted by Gasteiger charge is -2.31. The first-order valence-electron chi connectivity index (χ1n) is 8.83. The Morgan fingerprint density at radius 1 is 1.04 bits per heavy atom. The van der Waals surface area contributed by atoms with Crippen LogP contribution in [0.15, 0.2) is 48.5 Å². The molecule has 0 atom stereocenters. The Morgan fingerprint density at radius 3 is 2.42 bits per heavy atom. The summed E-state index contributed by atoms with van der Waals surface area (Å²) in [5, 5.41) is 0. The molecule has 2 aromatic rings. The van der Waals surface area contributed by atoms with E-state index in [1.54, 1.807) is 6.07 Å². The summed E-state index contributed by atoms with van der Waals surface area (Å²) in [6, 6.07) is 16.8. The maximum absolute atomic E-state index is 11.3. The molecule has 0 unspecified atom stereocenters. The summed E-state index contributed by atoms with van der Waals surface area (Å²) in [6.45, 7) is 0.992. The molecule has 1 fully saturated rings. The van der Waals surface area contributed by atoms with Crippen LogP contribution >= 0.6 is 0 Å². The highest BCUT2D eigenvalue weighted by atomic mass is 16.1. The fourth-order valence-electron chi connectivity index (χ4n) is 3.59. The van der Waals surface area contributed by atoms with Gasteiger partial charge in [0.15, 0.2) is 0 Å². The monoisotopic (exact) mass is 322 g/mol. The first-order chi connectivity index (χ1) is 11.6. The molecule has 0 saturated heterocycles. The Kier molecular flexibility index (Phi) is 5.31. The predicted molar refractivity (Wildman–Crippen MR) is 98.7 cm³/mol. The quantitative estimate of drug-likeness (QED) is 0.896. The average Bonchev–Trinajstić information content (AvgIpc) is 2.63. The lowest BCUT2D eigenvalue weighted by Crippen LogP contribution is -2.32. The highest BCUT2D eigenvalue weighted by Crippen LogP contribution is 2.24. The van der Waals surface area contributed by atoms with Crippen molar-refractivity contribution < 1.29 is 4.79 Å². The zero-order valence-electron chi connectivity index (χ0n) is 14.4. The summed E-state index contributed by atoms with van der Waals surface area (Å²) in [4.78, 5) is 13.8. The van der Waals surface area contributed by atoms with Crippen LogP contribution in [0.2, 0.25) is 0 Å². The summed E-state index contributed by atoms with van der Waals surface area (Å²) < 4.78 is 0. The summed E-state index contributed by atoms with van der Waals surface area (Å²) in [5.41, 5.74) is 9.39. The largest absolute Gasteiger partial charge is 0.366 e. The summed E-state index contributed by atoms with van der Waals surface area (Å²) in [6.07, 6.45) is 6.78. The van der Waals surface area contributed by atoms with E-state index >= 15 is 0 Å². The Hall–Kier alpha value is -2.13. The van der Waals surface area contributed by atoms with Gasteiger partial charge in [-0.05, 0) is 48.7 Å². The number of benzene rings is 2. The first kappa shape index (κ1) is 16.7. The van der Waals surface area contributed by atoms with Crippen LogP contribution in [0.25, 0.3) is 11.1 Å². The molecule has 1 aliphatic carbocycles. The third kappa shape index (κ3) is 4.04. The van der Waals surface area contributed by atoms with E-state index in [1.807, 2.05) is 18.2 Å². The van der Waals surface area contributed by atoms with Crippen LogP contribution < -0.4 is 5.73 Å². The smallest absolute Gasteiger partial charge is 0.248 e. The molecule has 24 heavy (non-hydrogen) atoms. The zero-order chi connectivity index (χ0) is 16.9. The Balaban J connectivity index is 1.69. The zero-order valence-corrected chi connectivity index (χ0v) is 14.4. The number of amides is 1. The van der Waals surface area contributed by atoms with Crippen LogP contribution in [0.1, 0.15) is 48.0 Å². The van der Waals surface area contributed by atoms with Crippen molar-refractivity contribution in [2.24, 2.45) is 5.73 Å². The number of carbonyl (C=O) groups excluding carboxylic acids is 1. The van der Waals surface area contributed by atoms with Gasteiger partial charge in [0, 0.05) is 18.2 Å². The van der Waals surface area contributed by atoms with Crippen molar-refractivity contribution in [3.8, 4) is 11.1 Å². The summed E-state index contributed by atoms with van der Waals surface area (Å²) in [7, 11) is 2.24. The van der Waals surface area contributed by atoms with Gasteiger partial charge in [0.1, 0.15) is 0 Å². The second kappa shape index (κ2) is 7.63. The molecule has 2 aromatic carbocycles. The highest BCUT2D eigenvalue weighted by molar-refractivity contribution is 5.94. The standard InChI is InChI=1S/C21H26N2O/c1-23(20-8-3-2-4-9-20)15-16-10-12-17(13-11-16)18-6-5-7-19(14-18)21(22)24/h5-7,10-14,20H,2-4,8-9,15H2,1H3,(H2,22,24). The molecule has 0 bridgehead atoms. The minimum Gasteiger partial charge on any atom is -0.366 e. The molecule has 2 N–H and O–H groups in total. The predicted octanol–water partition coefficient (Wildman–Crippen LogP) is 4.22. The molecular formula is C21H26N2O. The molecule has 3 nitrogen and oxygen atoms in total. The van der Waals surface area contributed by atoms with Gasteiger partial charge in [0.25, 0.3) is 0 Å². The third-order valence-corrected chi connectivity index (χ3v) is 5.06. The summed E-state index contributed by atoms with van der Waals surface area (Å²) in [5.74, 6) is -0.387. The van der Waals surface area contributed by atoms with Gasteiger partial charge >= 0.3 is 0 Å². The van der Waals surface area contributed by atoms with Crippen molar-refractivity contribution in [3.63, 3.8) is 0 Å². The van der Waals surface area contributed by atoms with Crippen LogP contribution in [0.5, 0.6) is 0 Å². The molecule has 0 radical (unpaired) electrons. The molecule has 1 amide bonds. The minimum absolute atomic E-state index is 0.387. The minimum atomic E-state index is -0.387. The molecule has 126 valence electrons. The molecular weight excluding hydrogens is 296 g/mol. The molecule has 3 rings (SSSR count). The first-order valence-corrected chi connectivity index (χ1v) is 8.83. The SMILES string of the molecule is CN(Cc1ccc(-c2cccc(C(N)=O)c2)cc1)C1CCCCC1. The van der Waals surface area contributed by atoms with Crippen molar-refractivity contribution in [1.82, 2.24) is 4.90 Å². The number of nitrogens with two attached hydrogens (primary N) is 1. The van der Waals surface area contributed by atoms with Crippen LogP contribution in [0.4, 0.5) is 0 Å². The molecule has 0 aliphatic heterocycles. The van der Waals surface area contributed by atoms with Crippen LogP contribution in [-0.4, -0.2) is 23.9 Å². The van der Waals surface area contributed by atoms with Crippen molar-refractivity contribution in [3.05, 3.63) is 59.7 Å². The van der Waals surface area contributed by atoms with Crippen LogP contribution in [0.3, 0.4) is 0 Å². The maximum atomic E-state index is 11.3. The number of rotatable bonds is 5. The maximum Gasteiger partial charge on any atom is 0.248 e. The van der Waals surface area contributed by atoms with E-state index in [9.17, 15) is 4.79 Å². The van der Waals surface area contributed by atoms with E-state index in [1.165, 1.54) is 37.7 Å². The lowest BCUT2D eigenvalue weighted by molar-refractivity contribution is 0.100. The van der Waals surface area contributed by atoms with Crippen molar-refractivity contribution in [2.75, 3.05) is 7.05 Å². The van der Waals surface area contributed by atoms with Gasteiger partial charge < -0.3 is 5.73 Å². The second-order valence-electron chi connectivity index (χ2n) is 6.85. The number of carbonyl (C=O) groups is 1.